The van der Waals surface area contributed by atoms with E-state index >= 15 is 0 Å². The predicted octanol–water partition coefficient (Wildman–Crippen LogP) is 3.30. The van der Waals surface area contributed by atoms with Crippen molar-refractivity contribution in [3.05, 3.63) is 95.8 Å². The third-order valence-electron chi connectivity index (χ3n) is 6.71. The summed E-state index contributed by atoms with van der Waals surface area (Å²) < 4.78 is 0. The van der Waals surface area contributed by atoms with Crippen molar-refractivity contribution in [2.45, 2.75) is 12.1 Å². The Balaban J connectivity index is 1.37. The van der Waals surface area contributed by atoms with Gasteiger partial charge in [0, 0.05) is 29.9 Å². The SMILES string of the molecule is O=C1NC(=O)[C@](CN2Cc3ccc(O)cc3C2=O)(c2ccc(-c3cccc4ccncc34)cc2)N1. The molecule has 1 saturated heterocycles. The zero-order valence-electron chi connectivity index (χ0n) is 18.5. The summed E-state index contributed by atoms with van der Waals surface area (Å²) in [6.07, 6.45) is 3.57. The van der Waals surface area contributed by atoms with Crippen molar-refractivity contribution in [2.24, 2.45) is 0 Å². The summed E-state index contributed by atoms with van der Waals surface area (Å²) in [6.45, 7) is 0.233. The van der Waals surface area contributed by atoms with Gasteiger partial charge < -0.3 is 15.3 Å². The fraction of sp³-hybridized carbons (Fsp3) is 0.111. The van der Waals surface area contributed by atoms with Gasteiger partial charge in [0.15, 0.2) is 5.54 Å². The summed E-state index contributed by atoms with van der Waals surface area (Å²) in [5, 5.41) is 16.9. The first kappa shape index (κ1) is 20.9. The van der Waals surface area contributed by atoms with E-state index in [1.807, 2.05) is 42.6 Å². The molecule has 35 heavy (non-hydrogen) atoms. The van der Waals surface area contributed by atoms with Crippen molar-refractivity contribution < 1.29 is 19.5 Å². The molecule has 172 valence electrons. The van der Waals surface area contributed by atoms with Gasteiger partial charge in [-0.2, -0.15) is 0 Å². The first-order valence-electron chi connectivity index (χ1n) is 11.1. The number of amides is 4. The number of hydrogen-bond donors (Lipinski definition) is 3. The van der Waals surface area contributed by atoms with Gasteiger partial charge in [-0.1, -0.05) is 48.5 Å². The van der Waals surface area contributed by atoms with Gasteiger partial charge in [-0.3, -0.25) is 19.9 Å². The van der Waals surface area contributed by atoms with E-state index in [9.17, 15) is 19.5 Å². The number of aromatic hydroxyl groups is 1. The second-order valence-electron chi connectivity index (χ2n) is 8.80. The van der Waals surface area contributed by atoms with Crippen molar-refractivity contribution in [3.8, 4) is 16.9 Å². The van der Waals surface area contributed by atoms with Crippen molar-refractivity contribution in [2.75, 3.05) is 6.54 Å². The molecular formula is C27H20N4O4. The van der Waals surface area contributed by atoms with Crippen molar-refractivity contribution in [1.29, 1.82) is 0 Å². The molecule has 8 nitrogen and oxygen atoms in total. The van der Waals surface area contributed by atoms with Crippen molar-refractivity contribution in [3.63, 3.8) is 0 Å². The van der Waals surface area contributed by atoms with Crippen LogP contribution in [0, 0.1) is 0 Å². The molecule has 4 aromatic rings. The van der Waals surface area contributed by atoms with Crippen LogP contribution in [0.25, 0.3) is 21.9 Å². The summed E-state index contributed by atoms with van der Waals surface area (Å²) >= 11 is 0. The maximum Gasteiger partial charge on any atom is 0.322 e. The van der Waals surface area contributed by atoms with Crippen LogP contribution in [0.3, 0.4) is 0 Å². The third kappa shape index (κ3) is 3.30. The summed E-state index contributed by atoms with van der Waals surface area (Å²) in [5.74, 6) is -0.819. The molecule has 0 unspecified atom stereocenters. The molecule has 0 spiro atoms. The van der Waals surface area contributed by atoms with E-state index < -0.39 is 17.5 Å². The second kappa shape index (κ2) is 7.66. The number of phenols is 1. The maximum atomic E-state index is 13.1. The smallest absolute Gasteiger partial charge is 0.322 e. The first-order valence-corrected chi connectivity index (χ1v) is 11.1. The van der Waals surface area contributed by atoms with E-state index in [1.165, 1.54) is 17.0 Å². The number of pyridine rings is 1. The van der Waals surface area contributed by atoms with Crippen LogP contribution < -0.4 is 10.6 Å². The van der Waals surface area contributed by atoms with Crippen LogP contribution in [-0.2, 0) is 16.9 Å². The molecule has 1 aromatic heterocycles. The van der Waals surface area contributed by atoms with Crippen LogP contribution in [-0.4, -0.2) is 39.4 Å². The molecule has 3 heterocycles. The van der Waals surface area contributed by atoms with Crippen molar-refractivity contribution >= 4 is 28.6 Å². The summed E-state index contributed by atoms with van der Waals surface area (Å²) in [6, 6.07) is 19.4. The maximum absolute atomic E-state index is 13.1. The molecule has 0 saturated carbocycles. The number of carbonyl (C=O) groups is 3. The Morgan fingerprint density at radius 1 is 0.971 bits per heavy atom. The van der Waals surface area contributed by atoms with E-state index in [-0.39, 0.29) is 24.7 Å². The van der Waals surface area contributed by atoms with E-state index in [1.54, 1.807) is 24.4 Å². The molecule has 2 aliphatic heterocycles. The molecule has 8 heteroatoms. The molecule has 6 rings (SSSR count). The molecule has 3 N–H and O–H groups in total. The third-order valence-corrected chi connectivity index (χ3v) is 6.71. The Morgan fingerprint density at radius 2 is 1.80 bits per heavy atom. The van der Waals surface area contributed by atoms with Gasteiger partial charge in [0.25, 0.3) is 11.8 Å². The number of phenolic OH excluding ortho intramolecular Hbond substituents is 1. The van der Waals surface area contributed by atoms with Crippen molar-refractivity contribution in [1.82, 2.24) is 20.5 Å². The van der Waals surface area contributed by atoms with Crippen LogP contribution >= 0.6 is 0 Å². The lowest BCUT2D eigenvalue weighted by molar-refractivity contribution is -0.124. The molecule has 3 aromatic carbocycles. The Morgan fingerprint density at radius 3 is 2.57 bits per heavy atom. The number of fused-ring (bicyclic) bond motifs is 2. The lowest BCUT2D eigenvalue weighted by Gasteiger charge is -2.31. The molecule has 0 aliphatic carbocycles. The van der Waals surface area contributed by atoms with Gasteiger partial charge in [0.2, 0.25) is 0 Å². The second-order valence-corrected chi connectivity index (χ2v) is 8.80. The lowest BCUT2D eigenvalue weighted by Crippen LogP contribution is -2.52. The highest BCUT2D eigenvalue weighted by atomic mass is 16.3. The molecule has 2 aliphatic rings. The Hall–Kier alpha value is -4.72. The van der Waals surface area contributed by atoms with Gasteiger partial charge in [-0.25, -0.2) is 4.79 Å². The summed E-state index contributed by atoms with van der Waals surface area (Å²) in [4.78, 5) is 44.1. The van der Waals surface area contributed by atoms with Gasteiger partial charge in [-0.15, -0.1) is 0 Å². The zero-order chi connectivity index (χ0) is 24.2. The minimum Gasteiger partial charge on any atom is -0.508 e. The Labute approximate surface area is 200 Å². The number of rotatable bonds is 4. The Bertz CT molecular complexity index is 1530. The number of nitrogens with zero attached hydrogens (tertiary/aromatic N) is 2. The largest absolute Gasteiger partial charge is 0.508 e. The standard InChI is InChI=1S/C27H20N4O4/c32-20-9-6-18-14-31(24(33)22(18)12-20)15-27(25(34)29-26(35)30-27)19-7-4-17(5-8-19)21-3-1-2-16-10-11-28-13-23(16)21/h1-13,32H,14-15H2,(H2,29,30,34,35)/t27-/m0/s1. The lowest BCUT2D eigenvalue weighted by atomic mass is 9.87. The molecule has 1 fully saturated rings. The van der Waals surface area contributed by atoms with Gasteiger partial charge in [-0.05, 0) is 45.8 Å². The van der Waals surface area contributed by atoms with E-state index in [0.29, 0.717) is 11.1 Å². The highest BCUT2D eigenvalue weighted by Crippen LogP contribution is 2.34. The van der Waals surface area contributed by atoms with Gasteiger partial charge >= 0.3 is 6.03 Å². The summed E-state index contributed by atoms with van der Waals surface area (Å²) in [7, 11) is 0. The predicted molar refractivity (Wildman–Crippen MR) is 128 cm³/mol. The highest BCUT2D eigenvalue weighted by molar-refractivity contribution is 6.08. The average Bonchev–Trinajstić information content (AvgIpc) is 3.33. The van der Waals surface area contributed by atoms with Crippen LogP contribution in [0.2, 0.25) is 0 Å². The molecule has 1 atom stereocenters. The number of aromatic nitrogens is 1. The van der Waals surface area contributed by atoms with E-state index in [4.69, 9.17) is 0 Å². The monoisotopic (exact) mass is 464 g/mol. The topological polar surface area (TPSA) is 112 Å². The normalized spacial score (nSPS) is 19.1. The fourth-order valence-corrected chi connectivity index (χ4v) is 4.96. The number of nitrogens with one attached hydrogen (secondary N) is 2. The minimum absolute atomic E-state index is 0.000185. The molecule has 4 amide bonds. The highest BCUT2D eigenvalue weighted by Gasteiger charge is 2.50. The number of hydrogen-bond acceptors (Lipinski definition) is 5. The molecule has 0 radical (unpaired) electrons. The first-order chi connectivity index (χ1) is 16.9. The van der Waals surface area contributed by atoms with Gasteiger partial charge in [0.05, 0.1) is 6.54 Å². The van der Waals surface area contributed by atoms with Gasteiger partial charge in [0.1, 0.15) is 5.75 Å². The fourth-order valence-electron chi connectivity index (χ4n) is 4.96. The van der Waals surface area contributed by atoms with E-state index in [0.717, 1.165) is 27.5 Å². The zero-order valence-corrected chi connectivity index (χ0v) is 18.5. The summed E-state index contributed by atoms with van der Waals surface area (Å²) in [5.41, 5.74) is 2.22. The van der Waals surface area contributed by atoms with Crippen LogP contribution in [0.5, 0.6) is 5.75 Å². The minimum atomic E-state index is -1.43. The van der Waals surface area contributed by atoms with Crippen LogP contribution in [0.4, 0.5) is 4.79 Å². The number of imide groups is 1. The number of urea groups is 1. The molecular weight excluding hydrogens is 444 g/mol. The van der Waals surface area contributed by atoms with Crippen LogP contribution in [0.15, 0.2) is 79.1 Å². The van der Waals surface area contributed by atoms with E-state index in [2.05, 4.69) is 15.6 Å². The number of carbonyl (C=O) groups excluding carboxylic acids is 3. The average molecular weight is 464 g/mol. The molecule has 0 bridgehead atoms. The Kier molecular flexibility index (Phi) is 4.57. The number of benzene rings is 3. The quantitative estimate of drug-likeness (QED) is 0.401. The van der Waals surface area contributed by atoms with Crippen LogP contribution in [0.1, 0.15) is 21.5 Å².